The van der Waals surface area contributed by atoms with E-state index in [1.54, 1.807) is 28.9 Å². The maximum Gasteiger partial charge on any atom is 0.263 e. The number of nitrogens with zero attached hydrogens (tertiary/aromatic N) is 2. The highest BCUT2D eigenvalue weighted by Gasteiger charge is 2.28. The van der Waals surface area contributed by atoms with Crippen LogP contribution in [0.5, 0.6) is 5.75 Å². The zero-order valence-corrected chi connectivity index (χ0v) is 15.8. The van der Waals surface area contributed by atoms with Crippen molar-refractivity contribution >= 4 is 34.1 Å². The van der Waals surface area contributed by atoms with Gasteiger partial charge in [0.1, 0.15) is 11.6 Å². The summed E-state index contributed by atoms with van der Waals surface area (Å²) in [7, 11) is -0.985. The SMILES string of the molecule is O=C(COc1ccc(Cl)cc1)Nc1c2c(nn1-c1ccccc1)C[S@](=O)C2. The molecule has 138 valence electrons. The Bertz CT molecular complexity index is 1000. The smallest absolute Gasteiger partial charge is 0.263 e. The number of amides is 1. The second-order valence-corrected chi connectivity index (χ2v) is 7.93. The average molecular weight is 402 g/mol. The molecule has 2 aromatic carbocycles. The van der Waals surface area contributed by atoms with E-state index in [-0.39, 0.29) is 12.5 Å². The topological polar surface area (TPSA) is 73.2 Å². The molecule has 0 fully saturated rings. The predicted octanol–water partition coefficient (Wildman–Crippen LogP) is 3.31. The van der Waals surface area contributed by atoms with E-state index < -0.39 is 10.8 Å². The van der Waals surface area contributed by atoms with Gasteiger partial charge in [-0.3, -0.25) is 9.00 Å². The lowest BCUT2D eigenvalue weighted by molar-refractivity contribution is -0.118. The summed E-state index contributed by atoms with van der Waals surface area (Å²) in [6.45, 7) is -0.153. The van der Waals surface area contributed by atoms with Crippen molar-refractivity contribution in [3.05, 3.63) is 70.9 Å². The van der Waals surface area contributed by atoms with Crippen molar-refractivity contribution in [1.82, 2.24) is 9.78 Å². The monoisotopic (exact) mass is 401 g/mol. The Kier molecular flexibility index (Phi) is 4.96. The molecule has 27 heavy (non-hydrogen) atoms. The van der Waals surface area contributed by atoms with E-state index in [1.165, 1.54) is 0 Å². The lowest BCUT2D eigenvalue weighted by Gasteiger charge is -2.11. The molecule has 0 unspecified atom stereocenters. The van der Waals surface area contributed by atoms with E-state index in [0.717, 1.165) is 16.9 Å². The molecule has 0 spiro atoms. The van der Waals surface area contributed by atoms with Gasteiger partial charge >= 0.3 is 0 Å². The average Bonchev–Trinajstić information content (AvgIpc) is 3.19. The van der Waals surface area contributed by atoms with Crippen molar-refractivity contribution < 1.29 is 13.7 Å². The fraction of sp³-hybridized carbons (Fsp3) is 0.158. The first-order chi connectivity index (χ1) is 13.1. The van der Waals surface area contributed by atoms with E-state index in [9.17, 15) is 9.00 Å². The van der Waals surface area contributed by atoms with Gasteiger partial charge in [0.15, 0.2) is 6.61 Å². The van der Waals surface area contributed by atoms with E-state index >= 15 is 0 Å². The number of fused-ring (bicyclic) bond motifs is 1. The molecular weight excluding hydrogens is 386 g/mol. The molecule has 2 heterocycles. The highest BCUT2D eigenvalue weighted by atomic mass is 35.5. The van der Waals surface area contributed by atoms with Crippen LogP contribution in [0.1, 0.15) is 11.3 Å². The van der Waals surface area contributed by atoms with Gasteiger partial charge in [0.05, 0.1) is 22.9 Å². The molecule has 4 rings (SSSR count). The number of ether oxygens (including phenoxy) is 1. The summed E-state index contributed by atoms with van der Waals surface area (Å²) in [6.07, 6.45) is 0. The number of hydrogen-bond acceptors (Lipinski definition) is 4. The molecule has 3 aromatic rings. The summed E-state index contributed by atoms with van der Waals surface area (Å²) < 4.78 is 19.1. The number of hydrogen-bond donors (Lipinski definition) is 1. The summed E-state index contributed by atoms with van der Waals surface area (Å²) in [5.74, 6) is 1.57. The summed E-state index contributed by atoms with van der Waals surface area (Å²) in [6, 6.07) is 16.3. The van der Waals surface area contributed by atoms with Crippen molar-refractivity contribution in [2.24, 2.45) is 0 Å². The number of para-hydroxylation sites is 1. The first-order valence-electron chi connectivity index (χ1n) is 8.29. The number of benzene rings is 2. The van der Waals surface area contributed by atoms with E-state index in [1.807, 2.05) is 30.3 Å². The molecule has 1 amide bonds. The molecule has 8 heteroatoms. The van der Waals surface area contributed by atoms with Crippen molar-refractivity contribution in [1.29, 1.82) is 0 Å². The van der Waals surface area contributed by atoms with Crippen LogP contribution < -0.4 is 10.1 Å². The maximum absolute atomic E-state index is 12.4. The quantitative estimate of drug-likeness (QED) is 0.711. The third-order valence-corrected chi connectivity index (χ3v) is 5.57. The Labute approximate surface area is 163 Å². The van der Waals surface area contributed by atoms with Crippen LogP contribution in [0.25, 0.3) is 5.69 Å². The molecule has 0 aliphatic carbocycles. The van der Waals surface area contributed by atoms with Gasteiger partial charge in [0.25, 0.3) is 5.91 Å². The van der Waals surface area contributed by atoms with Gasteiger partial charge < -0.3 is 10.1 Å². The van der Waals surface area contributed by atoms with Crippen LogP contribution in [0.3, 0.4) is 0 Å². The molecule has 0 saturated carbocycles. The van der Waals surface area contributed by atoms with Gasteiger partial charge in [-0.05, 0) is 36.4 Å². The molecule has 1 aliphatic rings. The minimum atomic E-state index is -0.985. The largest absolute Gasteiger partial charge is 0.484 e. The van der Waals surface area contributed by atoms with Gasteiger partial charge in [-0.1, -0.05) is 29.8 Å². The Morgan fingerprint density at radius 2 is 1.89 bits per heavy atom. The fourth-order valence-electron chi connectivity index (χ4n) is 2.86. The van der Waals surface area contributed by atoms with E-state index in [2.05, 4.69) is 10.4 Å². The number of halogens is 1. The van der Waals surface area contributed by atoms with Crippen LogP contribution in [0.2, 0.25) is 5.02 Å². The maximum atomic E-state index is 12.4. The highest BCUT2D eigenvalue weighted by Crippen LogP contribution is 2.31. The van der Waals surface area contributed by atoms with Gasteiger partial charge in [0, 0.05) is 21.4 Å². The highest BCUT2D eigenvalue weighted by molar-refractivity contribution is 7.83. The first kappa shape index (κ1) is 17.8. The number of nitrogens with one attached hydrogen (secondary N) is 1. The van der Waals surface area contributed by atoms with Crippen LogP contribution in [0.15, 0.2) is 54.6 Å². The molecule has 1 atom stereocenters. The van der Waals surface area contributed by atoms with Crippen molar-refractivity contribution in [2.75, 3.05) is 11.9 Å². The lowest BCUT2D eigenvalue weighted by Crippen LogP contribution is -2.22. The molecular formula is C19H16ClN3O3S. The van der Waals surface area contributed by atoms with Crippen LogP contribution in [0, 0.1) is 0 Å². The molecule has 0 bridgehead atoms. The number of carbonyl (C=O) groups excluding carboxylic acids is 1. The zero-order chi connectivity index (χ0) is 18.8. The number of rotatable bonds is 5. The minimum absolute atomic E-state index is 0.153. The second kappa shape index (κ2) is 7.54. The summed E-state index contributed by atoms with van der Waals surface area (Å²) >= 11 is 5.84. The van der Waals surface area contributed by atoms with Crippen molar-refractivity contribution in [3.8, 4) is 11.4 Å². The molecule has 1 aliphatic heterocycles. The van der Waals surface area contributed by atoms with Crippen LogP contribution >= 0.6 is 11.6 Å². The first-order valence-corrected chi connectivity index (χ1v) is 10.2. The third-order valence-electron chi connectivity index (χ3n) is 4.11. The Morgan fingerprint density at radius 1 is 1.15 bits per heavy atom. The Hall–Kier alpha value is -2.64. The molecule has 1 N–H and O–H groups in total. The van der Waals surface area contributed by atoms with Crippen LogP contribution in [-0.4, -0.2) is 26.5 Å². The normalized spacial score (nSPS) is 15.4. The predicted molar refractivity (Wildman–Crippen MR) is 105 cm³/mol. The van der Waals surface area contributed by atoms with Crippen molar-refractivity contribution in [2.45, 2.75) is 11.5 Å². The van der Waals surface area contributed by atoms with E-state index in [4.69, 9.17) is 16.3 Å². The van der Waals surface area contributed by atoms with Gasteiger partial charge in [-0.25, -0.2) is 4.68 Å². The fourth-order valence-corrected chi connectivity index (χ4v) is 4.25. The second-order valence-electron chi connectivity index (χ2n) is 6.04. The minimum Gasteiger partial charge on any atom is -0.484 e. The molecule has 6 nitrogen and oxygen atoms in total. The number of anilines is 1. The van der Waals surface area contributed by atoms with Gasteiger partial charge in [0.2, 0.25) is 0 Å². The van der Waals surface area contributed by atoms with Crippen LogP contribution in [0.4, 0.5) is 5.82 Å². The molecule has 0 saturated heterocycles. The third kappa shape index (κ3) is 3.89. The lowest BCUT2D eigenvalue weighted by atomic mass is 10.2. The Balaban J connectivity index is 1.54. The van der Waals surface area contributed by atoms with Gasteiger partial charge in [-0.15, -0.1) is 0 Å². The van der Waals surface area contributed by atoms with E-state index in [0.29, 0.717) is 28.1 Å². The number of carbonyl (C=O) groups is 1. The van der Waals surface area contributed by atoms with Gasteiger partial charge in [-0.2, -0.15) is 5.10 Å². The molecule has 1 aromatic heterocycles. The summed E-state index contributed by atoms with van der Waals surface area (Å²) in [5, 5.41) is 8.01. The zero-order valence-electron chi connectivity index (χ0n) is 14.2. The Morgan fingerprint density at radius 3 is 2.63 bits per heavy atom. The van der Waals surface area contributed by atoms with Crippen LogP contribution in [-0.2, 0) is 27.1 Å². The standard InChI is InChI=1S/C19H16ClN3O3S/c20-13-6-8-15(9-7-13)26-10-18(24)21-19-16-11-27(25)12-17(16)22-23(19)14-4-2-1-3-5-14/h1-9H,10-12H2,(H,21,24)/t27-/m1/s1. The molecule has 0 radical (unpaired) electrons. The van der Waals surface area contributed by atoms with Crippen molar-refractivity contribution in [3.63, 3.8) is 0 Å². The summed E-state index contributed by atoms with van der Waals surface area (Å²) in [4.78, 5) is 12.4. The summed E-state index contributed by atoms with van der Waals surface area (Å²) in [5.41, 5.74) is 2.40. The number of aromatic nitrogens is 2.